The van der Waals surface area contributed by atoms with E-state index < -0.39 is 0 Å². The Morgan fingerprint density at radius 1 is 0.778 bits per heavy atom. The van der Waals surface area contributed by atoms with E-state index in [2.05, 4.69) is 53.7 Å². The summed E-state index contributed by atoms with van der Waals surface area (Å²) < 4.78 is 18.7. The summed E-state index contributed by atoms with van der Waals surface area (Å²) in [5.74, 6) is 1.85. The molecule has 0 heterocycles. The van der Waals surface area contributed by atoms with Gasteiger partial charge in [-0.05, 0) is 88.4 Å². The van der Waals surface area contributed by atoms with Crippen LogP contribution in [0.15, 0.2) is 42.5 Å². The van der Waals surface area contributed by atoms with E-state index in [0.29, 0.717) is 17.1 Å². The second-order valence-electron chi connectivity index (χ2n) is 9.71. The highest BCUT2D eigenvalue weighted by Crippen LogP contribution is 2.35. The molecule has 4 heteroatoms. The largest absolute Gasteiger partial charge is 0.490 e. The highest BCUT2D eigenvalue weighted by molar-refractivity contribution is 6.09. The fourth-order valence-corrected chi connectivity index (χ4v) is 4.27. The molecule has 3 atom stereocenters. The Labute approximate surface area is 219 Å². The lowest BCUT2D eigenvalue weighted by Crippen LogP contribution is -2.17. The van der Waals surface area contributed by atoms with E-state index in [1.165, 1.54) is 5.56 Å². The van der Waals surface area contributed by atoms with Crippen LogP contribution in [0, 0.1) is 0 Å². The van der Waals surface area contributed by atoms with Gasteiger partial charge in [-0.1, -0.05) is 59.1 Å². The smallest absolute Gasteiger partial charge is 0.189 e. The lowest BCUT2D eigenvalue weighted by atomic mass is 10.0. The van der Waals surface area contributed by atoms with E-state index in [0.717, 1.165) is 56.3 Å². The molecule has 0 aromatic heterocycles. The van der Waals surface area contributed by atoms with Crippen LogP contribution in [0.5, 0.6) is 17.2 Å². The summed E-state index contributed by atoms with van der Waals surface area (Å²) in [4.78, 5) is 13.5. The Bertz CT molecular complexity index is 978. The summed E-state index contributed by atoms with van der Waals surface area (Å²) in [5.41, 5.74) is 2.63. The van der Waals surface area contributed by atoms with E-state index in [9.17, 15) is 4.79 Å². The SMILES string of the molecule is CCCC(C)Oc1ccc(CC)cc1C=CC(=O)c1cccc(OC(C)CCC)c1OC(C)CCC. The van der Waals surface area contributed by atoms with Crippen molar-refractivity contribution >= 4 is 11.9 Å². The molecule has 0 aliphatic carbocycles. The second kappa shape index (κ2) is 15.4. The number of hydrogen-bond acceptors (Lipinski definition) is 4. The molecule has 2 rings (SSSR count). The van der Waals surface area contributed by atoms with Crippen LogP contribution >= 0.6 is 0 Å². The van der Waals surface area contributed by atoms with Gasteiger partial charge in [0.05, 0.1) is 23.9 Å². The molecule has 0 fully saturated rings. The fraction of sp³-hybridized carbons (Fsp3) is 0.531. The Balaban J connectivity index is 2.40. The van der Waals surface area contributed by atoms with Gasteiger partial charge in [-0.2, -0.15) is 0 Å². The number of ketones is 1. The van der Waals surface area contributed by atoms with Crippen molar-refractivity contribution in [3.05, 3.63) is 59.2 Å². The fourth-order valence-electron chi connectivity index (χ4n) is 4.27. The van der Waals surface area contributed by atoms with E-state index in [4.69, 9.17) is 14.2 Å². The molecular weight excluding hydrogens is 448 g/mol. The van der Waals surface area contributed by atoms with Crippen molar-refractivity contribution in [1.29, 1.82) is 0 Å². The number of benzene rings is 2. The molecule has 0 amide bonds. The van der Waals surface area contributed by atoms with Crippen LogP contribution in [0.3, 0.4) is 0 Å². The zero-order valence-electron chi connectivity index (χ0n) is 23.4. The van der Waals surface area contributed by atoms with Gasteiger partial charge >= 0.3 is 0 Å². The number of rotatable bonds is 16. The molecule has 0 radical (unpaired) electrons. The molecule has 0 N–H and O–H groups in total. The number of ether oxygens (including phenoxy) is 3. The van der Waals surface area contributed by atoms with Crippen molar-refractivity contribution in [2.75, 3.05) is 0 Å². The minimum Gasteiger partial charge on any atom is -0.490 e. The lowest BCUT2D eigenvalue weighted by Gasteiger charge is -2.22. The standard InChI is InChI=1S/C32H46O4/c1-8-13-23(5)34-30-21-18-26(11-4)22-27(30)19-20-29(33)28-16-12-17-31(35-24(6)14-9-2)32(28)36-25(7)15-10-3/h12,16-25H,8-11,13-15H2,1-7H3. The quantitative estimate of drug-likeness (QED) is 0.173. The highest BCUT2D eigenvalue weighted by atomic mass is 16.5. The monoisotopic (exact) mass is 494 g/mol. The molecule has 3 unspecified atom stereocenters. The van der Waals surface area contributed by atoms with Crippen LogP contribution in [-0.2, 0) is 6.42 Å². The minimum atomic E-state index is -0.114. The van der Waals surface area contributed by atoms with Gasteiger partial charge in [0, 0.05) is 5.56 Å². The molecular formula is C32H46O4. The second-order valence-corrected chi connectivity index (χ2v) is 9.71. The maximum absolute atomic E-state index is 13.5. The zero-order valence-corrected chi connectivity index (χ0v) is 23.4. The molecule has 0 aliphatic rings. The average molecular weight is 495 g/mol. The van der Waals surface area contributed by atoms with Crippen LogP contribution in [-0.4, -0.2) is 24.1 Å². The Morgan fingerprint density at radius 2 is 1.36 bits per heavy atom. The third-order valence-electron chi connectivity index (χ3n) is 6.20. The van der Waals surface area contributed by atoms with Crippen molar-refractivity contribution in [2.45, 2.75) is 112 Å². The first-order valence-electron chi connectivity index (χ1n) is 13.8. The first kappa shape index (κ1) is 29.5. The van der Waals surface area contributed by atoms with Crippen molar-refractivity contribution in [2.24, 2.45) is 0 Å². The van der Waals surface area contributed by atoms with Gasteiger partial charge < -0.3 is 14.2 Å². The van der Waals surface area contributed by atoms with Gasteiger partial charge in [-0.25, -0.2) is 0 Å². The molecule has 2 aromatic carbocycles. The third-order valence-corrected chi connectivity index (χ3v) is 6.20. The van der Waals surface area contributed by atoms with Gasteiger partial charge in [0.1, 0.15) is 5.75 Å². The highest BCUT2D eigenvalue weighted by Gasteiger charge is 2.20. The van der Waals surface area contributed by atoms with Gasteiger partial charge in [0.15, 0.2) is 17.3 Å². The summed E-state index contributed by atoms with van der Waals surface area (Å²) in [7, 11) is 0. The Hall–Kier alpha value is -2.75. The van der Waals surface area contributed by atoms with Crippen LogP contribution in [0.25, 0.3) is 6.08 Å². The molecule has 0 aliphatic heterocycles. The molecule has 198 valence electrons. The van der Waals surface area contributed by atoms with Crippen LogP contribution < -0.4 is 14.2 Å². The molecule has 4 nitrogen and oxygen atoms in total. The van der Waals surface area contributed by atoms with E-state index >= 15 is 0 Å². The molecule has 0 spiro atoms. The van der Waals surface area contributed by atoms with Gasteiger partial charge in [0.2, 0.25) is 0 Å². The van der Waals surface area contributed by atoms with Crippen molar-refractivity contribution in [1.82, 2.24) is 0 Å². The summed E-state index contributed by atoms with van der Waals surface area (Å²) in [5, 5.41) is 0. The molecule has 0 saturated heterocycles. The van der Waals surface area contributed by atoms with Crippen LogP contribution in [0.4, 0.5) is 0 Å². The first-order valence-corrected chi connectivity index (χ1v) is 13.8. The number of aryl methyl sites for hydroxylation is 1. The van der Waals surface area contributed by atoms with Crippen molar-refractivity contribution in [3.8, 4) is 17.2 Å². The van der Waals surface area contributed by atoms with Crippen LogP contribution in [0.2, 0.25) is 0 Å². The number of carbonyl (C=O) groups excluding carboxylic acids is 1. The Morgan fingerprint density at radius 3 is 1.94 bits per heavy atom. The summed E-state index contributed by atoms with van der Waals surface area (Å²) >= 11 is 0. The van der Waals surface area contributed by atoms with E-state index in [1.807, 2.05) is 37.3 Å². The van der Waals surface area contributed by atoms with Crippen molar-refractivity contribution < 1.29 is 19.0 Å². The lowest BCUT2D eigenvalue weighted by molar-refractivity contribution is 0.103. The topological polar surface area (TPSA) is 44.8 Å². The molecule has 2 aromatic rings. The maximum Gasteiger partial charge on any atom is 0.189 e. The summed E-state index contributed by atoms with van der Waals surface area (Å²) in [6.07, 6.45) is 10.5. The van der Waals surface area contributed by atoms with Gasteiger partial charge in [-0.15, -0.1) is 0 Å². The van der Waals surface area contributed by atoms with Gasteiger partial charge in [-0.3, -0.25) is 4.79 Å². The predicted octanol–water partition coefficient (Wildman–Crippen LogP) is 8.85. The number of para-hydroxylation sites is 1. The van der Waals surface area contributed by atoms with Crippen molar-refractivity contribution in [3.63, 3.8) is 0 Å². The number of hydrogen-bond donors (Lipinski definition) is 0. The maximum atomic E-state index is 13.5. The first-order chi connectivity index (χ1) is 17.3. The average Bonchev–Trinajstić information content (AvgIpc) is 2.84. The van der Waals surface area contributed by atoms with E-state index in [1.54, 1.807) is 6.08 Å². The van der Waals surface area contributed by atoms with E-state index in [-0.39, 0.29) is 24.1 Å². The van der Waals surface area contributed by atoms with Gasteiger partial charge in [0.25, 0.3) is 0 Å². The molecule has 0 bridgehead atoms. The molecule has 0 saturated carbocycles. The van der Waals surface area contributed by atoms with Crippen LogP contribution in [0.1, 0.15) is 108 Å². The number of allylic oxidation sites excluding steroid dienone is 1. The summed E-state index contributed by atoms with van der Waals surface area (Å²) in [6.45, 7) is 14.7. The molecule has 36 heavy (non-hydrogen) atoms. The zero-order chi connectivity index (χ0) is 26.5. The number of carbonyl (C=O) groups is 1. The predicted molar refractivity (Wildman–Crippen MR) is 151 cm³/mol. The summed E-state index contributed by atoms with van der Waals surface area (Å²) in [6, 6.07) is 11.8. The normalized spacial score (nSPS) is 13.9. The minimum absolute atomic E-state index is 0.0157. The third kappa shape index (κ3) is 9.04. The Kier molecular flexibility index (Phi) is 12.6.